The number of hydrogen-bond donors (Lipinski definition) is 2. The number of nitrogens with one attached hydrogen (secondary N) is 2. The van der Waals surface area contributed by atoms with Crippen LogP contribution in [0.5, 0.6) is 0 Å². The van der Waals surface area contributed by atoms with Gasteiger partial charge in [-0.25, -0.2) is 8.42 Å². The quantitative estimate of drug-likeness (QED) is 0.757. The Kier molecular flexibility index (Phi) is 5.72. The molecular weight excluding hydrogens is 316 g/mol. The second-order valence-electron chi connectivity index (χ2n) is 4.74. The molecule has 2 aromatic carbocycles. The second kappa shape index (κ2) is 7.75. The van der Waals surface area contributed by atoms with Crippen molar-refractivity contribution >= 4 is 21.6 Å². The van der Waals surface area contributed by atoms with Crippen molar-refractivity contribution in [1.29, 1.82) is 0 Å². The third-order valence-electron chi connectivity index (χ3n) is 3.04. The number of sulfonamides is 1. The zero-order chi connectivity index (χ0) is 16.7. The highest BCUT2D eigenvalue weighted by molar-refractivity contribution is 7.92. The predicted molar refractivity (Wildman–Crippen MR) is 87.9 cm³/mol. The molecule has 0 heterocycles. The van der Waals surface area contributed by atoms with Gasteiger partial charge >= 0.3 is 0 Å². The predicted octanol–water partition coefficient (Wildman–Crippen LogP) is 1.86. The molecule has 0 bridgehead atoms. The maximum atomic E-state index is 12.3. The smallest absolute Gasteiger partial charge is 0.261 e. The highest BCUT2D eigenvalue weighted by Crippen LogP contribution is 2.16. The van der Waals surface area contributed by atoms with Crippen LogP contribution in [0.25, 0.3) is 0 Å². The molecule has 23 heavy (non-hydrogen) atoms. The van der Waals surface area contributed by atoms with Crippen LogP contribution in [-0.2, 0) is 14.8 Å². The molecule has 0 radical (unpaired) electrons. The average molecular weight is 334 g/mol. The first-order chi connectivity index (χ1) is 11.0. The summed E-state index contributed by atoms with van der Waals surface area (Å²) in [6, 6.07) is 14.4. The van der Waals surface area contributed by atoms with E-state index in [4.69, 9.17) is 4.74 Å². The third-order valence-corrected chi connectivity index (χ3v) is 4.44. The van der Waals surface area contributed by atoms with Gasteiger partial charge in [0.1, 0.15) is 0 Å². The molecule has 6 nitrogen and oxygen atoms in total. The van der Waals surface area contributed by atoms with Crippen molar-refractivity contribution in [3.05, 3.63) is 60.2 Å². The van der Waals surface area contributed by atoms with E-state index < -0.39 is 10.0 Å². The number of para-hydroxylation sites is 1. The van der Waals surface area contributed by atoms with Gasteiger partial charge in [-0.2, -0.15) is 0 Å². The van der Waals surface area contributed by atoms with Crippen LogP contribution in [0.15, 0.2) is 59.5 Å². The van der Waals surface area contributed by atoms with E-state index in [0.29, 0.717) is 24.4 Å². The third kappa shape index (κ3) is 4.80. The fraction of sp³-hybridized carbons (Fsp3) is 0.188. The number of carbonyl (C=O) groups excluding carboxylic acids is 1. The maximum absolute atomic E-state index is 12.3. The molecule has 0 fully saturated rings. The zero-order valence-corrected chi connectivity index (χ0v) is 13.5. The largest absolute Gasteiger partial charge is 0.383 e. The van der Waals surface area contributed by atoms with Gasteiger partial charge in [-0.15, -0.1) is 0 Å². The lowest BCUT2D eigenvalue weighted by Gasteiger charge is -2.09. The van der Waals surface area contributed by atoms with E-state index in [2.05, 4.69) is 10.0 Å². The lowest BCUT2D eigenvalue weighted by Crippen LogP contribution is -2.26. The Labute approximate surface area is 135 Å². The number of amides is 1. The van der Waals surface area contributed by atoms with Gasteiger partial charge in [0.2, 0.25) is 0 Å². The van der Waals surface area contributed by atoms with Crippen LogP contribution in [0.2, 0.25) is 0 Å². The summed E-state index contributed by atoms with van der Waals surface area (Å²) in [5.74, 6) is -0.276. The Bertz CT molecular complexity index is 743. The summed E-state index contributed by atoms with van der Waals surface area (Å²) in [4.78, 5) is 11.9. The van der Waals surface area contributed by atoms with Crippen molar-refractivity contribution in [2.75, 3.05) is 25.0 Å². The molecule has 0 saturated carbocycles. The summed E-state index contributed by atoms with van der Waals surface area (Å²) < 4.78 is 31.9. The summed E-state index contributed by atoms with van der Waals surface area (Å²) in [5.41, 5.74) is 0.869. The van der Waals surface area contributed by atoms with Crippen molar-refractivity contribution in [3.8, 4) is 0 Å². The number of anilines is 1. The molecule has 2 rings (SSSR count). The summed E-state index contributed by atoms with van der Waals surface area (Å²) in [6.07, 6.45) is 0. The van der Waals surface area contributed by atoms with Crippen LogP contribution < -0.4 is 10.0 Å². The summed E-state index contributed by atoms with van der Waals surface area (Å²) in [5, 5.41) is 2.67. The van der Waals surface area contributed by atoms with E-state index in [1.807, 2.05) is 0 Å². The molecule has 0 aliphatic carbocycles. The van der Waals surface area contributed by atoms with E-state index in [9.17, 15) is 13.2 Å². The molecule has 122 valence electrons. The van der Waals surface area contributed by atoms with Gasteiger partial charge < -0.3 is 10.1 Å². The molecule has 0 aliphatic heterocycles. The van der Waals surface area contributed by atoms with Crippen LogP contribution in [-0.4, -0.2) is 34.6 Å². The number of hydrogen-bond acceptors (Lipinski definition) is 4. The normalized spacial score (nSPS) is 11.0. The van der Waals surface area contributed by atoms with Crippen LogP contribution >= 0.6 is 0 Å². The van der Waals surface area contributed by atoms with Crippen LogP contribution in [0, 0.1) is 0 Å². The van der Waals surface area contributed by atoms with Gasteiger partial charge in [-0.1, -0.05) is 18.2 Å². The molecule has 2 N–H and O–H groups in total. The van der Waals surface area contributed by atoms with Crippen LogP contribution in [0.3, 0.4) is 0 Å². The fourth-order valence-corrected chi connectivity index (χ4v) is 2.93. The standard InChI is InChI=1S/C16H18N2O4S/c1-22-12-11-17-16(19)13-7-9-15(10-8-13)23(20,21)18-14-5-3-2-4-6-14/h2-10,18H,11-12H2,1H3,(H,17,19). The number of rotatable bonds is 7. The minimum Gasteiger partial charge on any atom is -0.383 e. The van der Waals surface area contributed by atoms with Gasteiger partial charge in [0.05, 0.1) is 11.5 Å². The second-order valence-corrected chi connectivity index (χ2v) is 6.43. The Balaban J connectivity index is 2.08. The molecule has 2 aromatic rings. The number of ether oxygens (including phenoxy) is 1. The molecule has 0 aromatic heterocycles. The highest BCUT2D eigenvalue weighted by atomic mass is 32.2. The first kappa shape index (κ1) is 17.0. The van der Waals surface area contributed by atoms with Crippen molar-refractivity contribution < 1.29 is 17.9 Å². The Morgan fingerprint density at radius 3 is 2.30 bits per heavy atom. The van der Waals surface area contributed by atoms with Gasteiger partial charge in [-0.3, -0.25) is 9.52 Å². The van der Waals surface area contributed by atoms with E-state index in [0.717, 1.165) is 0 Å². The summed E-state index contributed by atoms with van der Waals surface area (Å²) >= 11 is 0. The molecule has 7 heteroatoms. The Hall–Kier alpha value is -2.38. The van der Waals surface area contributed by atoms with Gasteiger partial charge in [0, 0.05) is 24.9 Å². The van der Waals surface area contributed by atoms with E-state index in [1.165, 1.54) is 24.3 Å². The minimum absolute atomic E-state index is 0.0924. The van der Waals surface area contributed by atoms with E-state index in [1.54, 1.807) is 37.4 Å². The first-order valence-corrected chi connectivity index (χ1v) is 8.46. The molecule has 0 atom stereocenters. The Morgan fingerprint density at radius 2 is 1.70 bits per heavy atom. The lowest BCUT2D eigenvalue weighted by atomic mass is 10.2. The monoisotopic (exact) mass is 334 g/mol. The van der Waals surface area contributed by atoms with Gasteiger partial charge in [-0.05, 0) is 36.4 Å². The molecular formula is C16H18N2O4S. The molecule has 0 spiro atoms. The maximum Gasteiger partial charge on any atom is 0.261 e. The fourth-order valence-electron chi connectivity index (χ4n) is 1.87. The van der Waals surface area contributed by atoms with Crippen molar-refractivity contribution in [2.45, 2.75) is 4.90 Å². The number of benzene rings is 2. The SMILES string of the molecule is COCCNC(=O)c1ccc(S(=O)(=O)Nc2ccccc2)cc1. The topological polar surface area (TPSA) is 84.5 Å². The minimum atomic E-state index is -3.68. The van der Waals surface area contributed by atoms with Crippen LogP contribution in [0.4, 0.5) is 5.69 Å². The number of carbonyl (C=O) groups is 1. The molecule has 0 saturated heterocycles. The molecule has 0 aliphatic rings. The Morgan fingerprint density at radius 1 is 1.04 bits per heavy atom. The molecule has 0 unspecified atom stereocenters. The highest BCUT2D eigenvalue weighted by Gasteiger charge is 2.15. The first-order valence-electron chi connectivity index (χ1n) is 6.98. The van der Waals surface area contributed by atoms with Crippen molar-refractivity contribution in [3.63, 3.8) is 0 Å². The van der Waals surface area contributed by atoms with Gasteiger partial charge in [0.15, 0.2) is 0 Å². The van der Waals surface area contributed by atoms with Crippen molar-refractivity contribution in [2.24, 2.45) is 0 Å². The molecule has 1 amide bonds. The summed E-state index contributed by atoms with van der Waals surface area (Å²) in [7, 11) is -2.13. The van der Waals surface area contributed by atoms with Gasteiger partial charge in [0.25, 0.3) is 15.9 Å². The van der Waals surface area contributed by atoms with E-state index >= 15 is 0 Å². The zero-order valence-electron chi connectivity index (χ0n) is 12.7. The van der Waals surface area contributed by atoms with Crippen molar-refractivity contribution in [1.82, 2.24) is 5.32 Å². The van der Waals surface area contributed by atoms with Crippen LogP contribution in [0.1, 0.15) is 10.4 Å². The summed E-state index contributed by atoms with van der Waals surface area (Å²) in [6.45, 7) is 0.810. The number of methoxy groups -OCH3 is 1. The average Bonchev–Trinajstić information content (AvgIpc) is 2.55. The van der Waals surface area contributed by atoms with E-state index in [-0.39, 0.29) is 10.8 Å². The lowest BCUT2D eigenvalue weighted by molar-refractivity contribution is 0.0937.